The highest BCUT2D eigenvalue weighted by Gasteiger charge is 2.26. The second kappa shape index (κ2) is 6.07. The van der Waals surface area contributed by atoms with E-state index < -0.39 is 0 Å². The number of hydrogen-bond acceptors (Lipinski definition) is 3. The lowest BCUT2D eigenvalue weighted by Crippen LogP contribution is -2.40. The van der Waals surface area contributed by atoms with Crippen LogP contribution in [-0.2, 0) is 4.79 Å². The van der Waals surface area contributed by atoms with E-state index >= 15 is 0 Å². The van der Waals surface area contributed by atoms with Crippen LogP contribution in [0.5, 0.6) is 0 Å². The molecule has 19 heavy (non-hydrogen) atoms. The molecule has 4 nitrogen and oxygen atoms in total. The molecular formula is C14H16BrN3O. The van der Waals surface area contributed by atoms with Gasteiger partial charge in [0.15, 0.2) is 0 Å². The average Bonchev–Trinajstić information content (AvgIpc) is 2.89. The molecule has 1 fully saturated rings. The fourth-order valence-corrected chi connectivity index (χ4v) is 3.10. The van der Waals surface area contributed by atoms with Crippen molar-refractivity contribution in [2.75, 3.05) is 11.4 Å². The van der Waals surface area contributed by atoms with Gasteiger partial charge in [0.05, 0.1) is 17.8 Å². The van der Waals surface area contributed by atoms with Gasteiger partial charge < -0.3 is 10.6 Å². The van der Waals surface area contributed by atoms with Crippen molar-refractivity contribution < 1.29 is 4.79 Å². The van der Waals surface area contributed by atoms with Gasteiger partial charge in [-0.15, -0.1) is 0 Å². The van der Waals surface area contributed by atoms with Gasteiger partial charge in [0, 0.05) is 10.5 Å². The van der Waals surface area contributed by atoms with Gasteiger partial charge in [-0.05, 0) is 40.9 Å². The highest BCUT2D eigenvalue weighted by molar-refractivity contribution is 9.10. The predicted molar refractivity (Wildman–Crippen MR) is 77.7 cm³/mol. The molecule has 1 amide bonds. The molecule has 2 N–H and O–H groups in total. The van der Waals surface area contributed by atoms with Crippen LogP contribution >= 0.6 is 15.9 Å². The van der Waals surface area contributed by atoms with Crippen molar-refractivity contribution in [3.63, 3.8) is 0 Å². The summed E-state index contributed by atoms with van der Waals surface area (Å²) in [7, 11) is 0. The molecule has 1 aliphatic carbocycles. The molecule has 2 rings (SSSR count). The first-order chi connectivity index (χ1) is 9.13. The van der Waals surface area contributed by atoms with Gasteiger partial charge in [-0.1, -0.05) is 18.9 Å². The van der Waals surface area contributed by atoms with Gasteiger partial charge in [-0.25, -0.2) is 0 Å². The van der Waals surface area contributed by atoms with E-state index in [-0.39, 0.29) is 12.5 Å². The quantitative estimate of drug-likeness (QED) is 0.926. The Hall–Kier alpha value is -1.54. The van der Waals surface area contributed by atoms with Crippen LogP contribution < -0.4 is 10.6 Å². The van der Waals surface area contributed by atoms with E-state index in [0.29, 0.717) is 11.6 Å². The number of nitriles is 1. The van der Waals surface area contributed by atoms with Crippen LogP contribution in [0.4, 0.5) is 5.69 Å². The Bertz CT molecular complexity index is 518. The number of halogens is 1. The molecule has 100 valence electrons. The second-order valence-corrected chi connectivity index (χ2v) is 5.63. The maximum absolute atomic E-state index is 11.3. The summed E-state index contributed by atoms with van der Waals surface area (Å²) in [6.07, 6.45) is 4.42. The van der Waals surface area contributed by atoms with Gasteiger partial charge in [-0.3, -0.25) is 4.79 Å². The maximum atomic E-state index is 11.3. The lowest BCUT2D eigenvalue weighted by atomic mass is 10.1. The number of amides is 1. The van der Waals surface area contributed by atoms with Crippen LogP contribution in [0.1, 0.15) is 31.2 Å². The van der Waals surface area contributed by atoms with E-state index in [2.05, 4.69) is 22.0 Å². The molecule has 0 spiro atoms. The number of hydrogen-bond donors (Lipinski definition) is 1. The zero-order valence-electron chi connectivity index (χ0n) is 10.6. The zero-order valence-corrected chi connectivity index (χ0v) is 12.2. The number of benzene rings is 1. The second-order valence-electron chi connectivity index (χ2n) is 4.78. The van der Waals surface area contributed by atoms with Gasteiger partial charge in [0.1, 0.15) is 6.07 Å². The van der Waals surface area contributed by atoms with Crippen molar-refractivity contribution in [3.8, 4) is 6.07 Å². The smallest absolute Gasteiger partial charge is 0.236 e. The molecule has 1 aromatic rings. The first kappa shape index (κ1) is 13.9. The fraction of sp³-hybridized carbons (Fsp3) is 0.429. The Morgan fingerprint density at radius 3 is 2.74 bits per heavy atom. The number of nitrogens with zero attached hydrogens (tertiary/aromatic N) is 2. The first-order valence-corrected chi connectivity index (χ1v) is 7.16. The zero-order chi connectivity index (χ0) is 13.8. The number of nitrogens with two attached hydrogens (primary N) is 1. The van der Waals surface area contributed by atoms with E-state index in [1.807, 2.05) is 23.1 Å². The Kier molecular flexibility index (Phi) is 4.43. The van der Waals surface area contributed by atoms with E-state index in [0.717, 1.165) is 35.8 Å². The maximum Gasteiger partial charge on any atom is 0.236 e. The lowest BCUT2D eigenvalue weighted by molar-refractivity contribution is -0.116. The average molecular weight is 322 g/mol. The number of carbonyl (C=O) groups is 1. The monoisotopic (exact) mass is 321 g/mol. The molecule has 0 heterocycles. The van der Waals surface area contributed by atoms with Crippen LogP contribution in [-0.4, -0.2) is 18.5 Å². The minimum atomic E-state index is -0.365. The summed E-state index contributed by atoms with van der Waals surface area (Å²) in [4.78, 5) is 13.3. The minimum absolute atomic E-state index is 0.162. The molecule has 5 heteroatoms. The van der Waals surface area contributed by atoms with Crippen molar-refractivity contribution in [3.05, 3.63) is 28.2 Å². The number of primary amides is 1. The highest BCUT2D eigenvalue weighted by atomic mass is 79.9. The first-order valence-electron chi connectivity index (χ1n) is 6.37. The van der Waals surface area contributed by atoms with Crippen LogP contribution in [0.15, 0.2) is 22.7 Å². The predicted octanol–water partition coefficient (Wildman–Crippen LogP) is 2.56. The number of anilines is 1. The van der Waals surface area contributed by atoms with Gasteiger partial charge >= 0.3 is 0 Å². The van der Waals surface area contributed by atoms with Gasteiger partial charge in [-0.2, -0.15) is 5.26 Å². The van der Waals surface area contributed by atoms with E-state index in [1.54, 1.807) is 0 Å². The summed E-state index contributed by atoms with van der Waals surface area (Å²) >= 11 is 3.39. The standard InChI is InChI=1S/C14H16BrN3O/c15-12-6-3-7-13(11(12)8-16)18(9-14(17)19)10-4-1-2-5-10/h3,6-7,10H,1-2,4-5,9H2,(H2,17,19). The van der Waals surface area contributed by atoms with Crippen molar-refractivity contribution in [2.24, 2.45) is 5.73 Å². The van der Waals surface area contributed by atoms with Crippen molar-refractivity contribution in [1.82, 2.24) is 0 Å². The molecule has 0 unspecified atom stereocenters. The van der Waals surface area contributed by atoms with Gasteiger partial charge in [0.25, 0.3) is 0 Å². The largest absolute Gasteiger partial charge is 0.368 e. The molecule has 0 aromatic heterocycles. The summed E-state index contributed by atoms with van der Waals surface area (Å²) in [5.74, 6) is -0.365. The molecule has 1 aliphatic rings. The summed E-state index contributed by atoms with van der Waals surface area (Å²) in [6, 6.07) is 8.09. The minimum Gasteiger partial charge on any atom is -0.368 e. The van der Waals surface area contributed by atoms with E-state index in [1.165, 1.54) is 0 Å². The molecule has 0 radical (unpaired) electrons. The molecular weight excluding hydrogens is 306 g/mol. The topological polar surface area (TPSA) is 70.1 Å². The fourth-order valence-electron chi connectivity index (χ4n) is 2.66. The molecule has 0 atom stereocenters. The molecule has 0 saturated heterocycles. The Labute approximate surface area is 121 Å². The SMILES string of the molecule is N#Cc1c(Br)cccc1N(CC(N)=O)C1CCCC1. The summed E-state index contributed by atoms with van der Waals surface area (Å²) in [5.41, 5.74) is 6.71. The van der Waals surface area contributed by atoms with Gasteiger partial charge in [0.2, 0.25) is 5.91 Å². The molecule has 1 aromatic carbocycles. The van der Waals surface area contributed by atoms with E-state index in [4.69, 9.17) is 5.73 Å². The molecule has 1 saturated carbocycles. The van der Waals surface area contributed by atoms with Crippen LogP contribution in [0.3, 0.4) is 0 Å². The Morgan fingerprint density at radius 2 is 2.16 bits per heavy atom. The van der Waals surface area contributed by atoms with Crippen molar-refractivity contribution in [1.29, 1.82) is 5.26 Å². The van der Waals surface area contributed by atoms with Crippen LogP contribution in [0, 0.1) is 11.3 Å². The summed E-state index contributed by atoms with van der Waals surface area (Å²) < 4.78 is 0.750. The summed E-state index contributed by atoms with van der Waals surface area (Å²) in [6.45, 7) is 0.162. The Balaban J connectivity index is 2.40. The van der Waals surface area contributed by atoms with Crippen LogP contribution in [0.2, 0.25) is 0 Å². The third kappa shape index (κ3) is 3.07. The third-order valence-electron chi connectivity index (χ3n) is 3.50. The number of rotatable bonds is 4. The highest BCUT2D eigenvalue weighted by Crippen LogP contribution is 2.32. The van der Waals surface area contributed by atoms with Crippen molar-refractivity contribution in [2.45, 2.75) is 31.7 Å². The van der Waals surface area contributed by atoms with Crippen molar-refractivity contribution >= 4 is 27.5 Å². The third-order valence-corrected chi connectivity index (χ3v) is 4.17. The Morgan fingerprint density at radius 1 is 1.47 bits per heavy atom. The number of carbonyl (C=O) groups excluding carboxylic acids is 1. The molecule has 0 bridgehead atoms. The van der Waals surface area contributed by atoms with E-state index in [9.17, 15) is 10.1 Å². The lowest BCUT2D eigenvalue weighted by Gasteiger charge is -2.30. The molecule has 0 aliphatic heterocycles. The normalized spacial score (nSPS) is 15.2. The van der Waals surface area contributed by atoms with Crippen LogP contribution in [0.25, 0.3) is 0 Å². The summed E-state index contributed by atoms with van der Waals surface area (Å²) in [5, 5.41) is 9.30.